The lowest BCUT2D eigenvalue weighted by atomic mass is 10.0. The van der Waals surface area contributed by atoms with Crippen molar-refractivity contribution in [3.05, 3.63) is 53.7 Å². The summed E-state index contributed by atoms with van der Waals surface area (Å²) < 4.78 is 5.07. The van der Waals surface area contributed by atoms with Crippen molar-refractivity contribution in [3.8, 4) is 0 Å². The second kappa shape index (κ2) is 3.85. The molecule has 5 heteroatoms. The zero-order chi connectivity index (χ0) is 11.8. The standard InChI is InChI=1S/C12H7NO3S/c14-10(9-2-1-5-16-9)11-7-3-4-13-6-8(7)12(15)17-11/h1-6,11H. The summed E-state index contributed by atoms with van der Waals surface area (Å²) in [6.45, 7) is 0. The topological polar surface area (TPSA) is 60.2 Å². The number of fused-ring (bicyclic) bond motifs is 1. The van der Waals surface area contributed by atoms with Crippen molar-refractivity contribution in [3.63, 3.8) is 0 Å². The minimum atomic E-state index is -0.508. The highest BCUT2D eigenvalue weighted by atomic mass is 32.2. The number of furan rings is 1. The Hall–Kier alpha value is -1.88. The van der Waals surface area contributed by atoms with Gasteiger partial charge >= 0.3 is 0 Å². The fourth-order valence-corrected chi connectivity index (χ4v) is 2.85. The molecule has 3 heterocycles. The summed E-state index contributed by atoms with van der Waals surface area (Å²) >= 11 is 1.01. The molecule has 0 aliphatic carbocycles. The highest BCUT2D eigenvalue weighted by Crippen LogP contribution is 2.42. The first-order valence-corrected chi connectivity index (χ1v) is 5.88. The van der Waals surface area contributed by atoms with Gasteiger partial charge in [0.1, 0.15) is 5.25 Å². The smallest absolute Gasteiger partial charge is 0.222 e. The highest BCUT2D eigenvalue weighted by molar-refractivity contribution is 8.15. The summed E-state index contributed by atoms with van der Waals surface area (Å²) in [7, 11) is 0. The maximum Gasteiger partial charge on any atom is 0.222 e. The number of carbonyl (C=O) groups excluding carboxylic acids is 2. The van der Waals surface area contributed by atoms with E-state index >= 15 is 0 Å². The van der Waals surface area contributed by atoms with E-state index in [0.717, 1.165) is 17.3 Å². The highest BCUT2D eigenvalue weighted by Gasteiger charge is 2.36. The van der Waals surface area contributed by atoms with Crippen LogP contribution < -0.4 is 0 Å². The molecule has 1 aliphatic heterocycles. The average molecular weight is 245 g/mol. The number of ketones is 1. The van der Waals surface area contributed by atoms with E-state index in [1.165, 1.54) is 12.5 Å². The van der Waals surface area contributed by atoms with Crippen LogP contribution in [0.4, 0.5) is 0 Å². The molecule has 0 aromatic carbocycles. The van der Waals surface area contributed by atoms with Gasteiger partial charge in [0.25, 0.3) is 0 Å². The van der Waals surface area contributed by atoms with Gasteiger partial charge in [0.2, 0.25) is 10.9 Å². The monoisotopic (exact) mass is 245 g/mol. The Kier molecular flexibility index (Phi) is 2.33. The van der Waals surface area contributed by atoms with Crippen LogP contribution in [0.25, 0.3) is 0 Å². The molecule has 84 valence electrons. The molecule has 2 aromatic heterocycles. The number of aromatic nitrogens is 1. The zero-order valence-electron chi connectivity index (χ0n) is 8.62. The third kappa shape index (κ3) is 1.59. The van der Waals surface area contributed by atoms with Gasteiger partial charge in [-0.1, -0.05) is 11.8 Å². The lowest BCUT2D eigenvalue weighted by molar-refractivity contribution is 0.0962. The maximum absolute atomic E-state index is 12.1. The van der Waals surface area contributed by atoms with Gasteiger partial charge in [-0.15, -0.1) is 0 Å². The summed E-state index contributed by atoms with van der Waals surface area (Å²) in [4.78, 5) is 27.7. The molecule has 0 bridgehead atoms. The van der Waals surface area contributed by atoms with Gasteiger partial charge in [-0.25, -0.2) is 0 Å². The molecule has 17 heavy (non-hydrogen) atoms. The number of thioether (sulfide) groups is 1. The number of pyridine rings is 1. The Balaban J connectivity index is 2.02. The first kappa shape index (κ1) is 10.3. The molecule has 2 aromatic rings. The van der Waals surface area contributed by atoms with Crippen molar-refractivity contribution in [2.24, 2.45) is 0 Å². The van der Waals surface area contributed by atoms with Crippen molar-refractivity contribution < 1.29 is 14.0 Å². The quantitative estimate of drug-likeness (QED) is 0.761. The predicted molar refractivity (Wildman–Crippen MR) is 61.9 cm³/mol. The summed E-state index contributed by atoms with van der Waals surface area (Å²) in [5.74, 6) is 0.0956. The van der Waals surface area contributed by atoms with Gasteiger partial charge in [0, 0.05) is 12.4 Å². The van der Waals surface area contributed by atoms with Gasteiger partial charge in [0.05, 0.1) is 11.8 Å². The number of hydrogen-bond acceptors (Lipinski definition) is 5. The number of Topliss-reactive ketones (excluding diaryl/α,β-unsaturated/α-hetero) is 1. The van der Waals surface area contributed by atoms with Gasteiger partial charge in [-0.2, -0.15) is 0 Å². The van der Waals surface area contributed by atoms with E-state index in [4.69, 9.17) is 4.42 Å². The third-order valence-corrected chi connectivity index (χ3v) is 3.72. The van der Waals surface area contributed by atoms with Crippen molar-refractivity contribution in [2.45, 2.75) is 5.25 Å². The number of hydrogen-bond donors (Lipinski definition) is 0. The van der Waals surface area contributed by atoms with Crippen LogP contribution in [0.3, 0.4) is 0 Å². The Morgan fingerprint density at radius 3 is 3.06 bits per heavy atom. The maximum atomic E-state index is 12.1. The second-order valence-electron chi connectivity index (χ2n) is 3.59. The van der Waals surface area contributed by atoms with Crippen LogP contribution in [-0.4, -0.2) is 15.9 Å². The Morgan fingerprint density at radius 1 is 1.41 bits per heavy atom. The Bertz CT molecular complexity index is 592. The van der Waals surface area contributed by atoms with Gasteiger partial charge in [0.15, 0.2) is 5.76 Å². The predicted octanol–water partition coefficient (Wildman–Crippen LogP) is 2.49. The minimum absolute atomic E-state index is 0.113. The molecule has 1 unspecified atom stereocenters. The summed E-state index contributed by atoms with van der Waals surface area (Å²) in [5.41, 5.74) is 1.24. The molecule has 3 rings (SSSR count). The summed E-state index contributed by atoms with van der Waals surface area (Å²) in [6.07, 6.45) is 4.53. The van der Waals surface area contributed by atoms with Crippen LogP contribution in [0.2, 0.25) is 0 Å². The van der Waals surface area contributed by atoms with Gasteiger partial charge in [-0.05, 0) is 23.8 Å². The molecule has 0 saturated heterocycles. The molecular formula is C12H7NO3S. The Labute approximate surface area is 101 Å². The van der Waals surface area contributed by atoms with Crippen molar-refractivity contribution in [2.75, 3.05) is 0 Å². The van der Waals surface area contributed by atoms with Crippen LogP contribution in [0, 0.1) is 0 Å². The SMILES string of the molecule is O=C1SC(C(=O)c2ccco2)c2ccncc21. The van der Waals surface area contributed by atoms with E-state index in [1.807, 2.05) is 0 Å². The van der Waals surface area contributed by atoms with E-state index in [2.05, 4.69) is 4.98 Å². The van der Waals surface area contributed by atoms with E-state index in [-0.39, 0.29) is 16.7 Å². The van der Waals surface area contributed by atoms with Gasteiger partial charge in [-0.3, -0.25) is 14.6 Å². The Morgan fingerprint density at radius 2 is 2.29 bits per heavy atom. The van der Waals surface area contributed by atoms with E-state index in [0.29, 0.717) is 5.56 Å². The largest absolute Gasteiger partial charge is 0.461 e. The van der Waals surface area contributed by atoms with Crippen molar-refractivity contribution in [1.82, 2.24) is 4.98 Å². The summed E-state index contributed by atoms with van der Waals surface area (Å²) in [6, 6.07) is 4.97. The molecule has 0 radical (unpaired) electrons. The molecule has 0 saturated carbocycles. The lowest BCUT2D eigenvalue weighted by Gasteiger charge is -2.05. The van der Waals surface area contributed by atoms with Crippen LogP contribution >= 0.6 is 11.8 Å². The number of rotatable bonds is 2. The van der Waals surface area contributed by atoms with E-state index in [1.54, 1.807) is 24.4 Å². The second-order valence-corrected chi connectivity index (χ2v) is 4.67. The molecule has 0 N–H and O–H groups in total. The number of carbonyl (C=O) groups is 2. The van der Waals surface area contributed by atoms with Crippen LogP contribution in [-0.2, 0) is 0 Å². The fraction of sp³-hybridized carbons (Fsp3) is 0.0833. The molecule has 0 fully saturated rings. The van der Waals surface area contributed by atoms with E-state index in [9.17, 15) is 9.59 Å². The van der Waals surface area contributed by atoms with E-state index < -0.39 is 5.25 Å². The van der Waals surface area contributed by atoms with Crippen molar-refractivity contribution in [1.29, 1.82) is 0 Å². The van der Waals surface area contributed by atoms with Crippen LogP contribution in [0.15, 0.2) is 41.3 Å². The first-order chi connectivity index (χ1) is 8.27. The molecular weight excluding hydrogens is 238 g/mol. The van der Waals surface area contributed by atoms with Gasteiger partial charge < -0.3 is 4.42 Å². The third-order valence-electron chi connectivity index (χ3n) is 2.58. The first-order valence-electron chi connectivity index (χ1n) is 5.00. The fourth-order valence-electron chi connectivity index (χ4n) is 1.78. The van der Waals surface area contributed by atoms with Crippen molar-refractivity contribution >= 4 is 22.7 Å². The zero-order valence-corrected chi connectivity index (χ0v) is 9.44. The minimum Gasteiger partial charge on any atom is -0.461 e. The molecule has 1 atom stereocenters. The summed E-state index contributed by atoms with van der Waals surface area (Å²) in [5, 5.41) is -0.621. The molecule has 4 nitrogen and oxygen atoms in total. The number of nitrogens with zero attached hydrogens (tertiary/aromatic N) is 1. The van der Waals surface area contributed by atoms with Crippen LogP contribution in [0.5, 0.6) is 0 Å². The average Bonchev–Trinajstić information content (AvgIpc) is 2.97. The normalized spacial score (nSPS) is 18.1. The molecule has 0 amide bonds. The molecule has 1 aliphatic rings. The van der Waals surface area contributed by atoms with Crippen LogP contribution in [0.1, 0.15) is 31.7 Å². The molecule has 0 spiro atoms. The lowest BCUT2D eigenvalue weighted by Crippen LogP contribution is -2.06.